The van der Waals surface area contributed by atoms with Crippen molar-refractivity contribution in [2.24, 2.45) is 5.92 Å². The Morgan fingerprint density at radius 3 is 2.41 bits per heavy atom. The molecule has 7 heteroatoms. The molecule has 0 fully saturated rings. The first-order chi connectivity index (χ1) is 7.91. The van der Waals surface area contributed by atoms with Crippen molar-refractivity contribution in [2.75, 3.05) is 5.32 Å². The number of Topliss-reactive ketones (excluding diaryl/α,β-unsaturated/α-hetero) is 1. The number of rotatable bonds is 1. The molecule has 1 atom stereocenters. The summed E-state index contributed by atoms with van der Waals surface area (Å²) in [5, 5.41) is 10.7. The number of halogens is 2. The average molecular weight is 241 g/mol. The highest BCUT2D eigenvalue weighted by molar-refractivity contribution is 6.29. The smallest absolute Gasteiger partial charge is 0.324 e. The highest BCUT2D eigenvalue weighted by atomic mass is 19.2. The van der Waals surface area contributed by atoms with Crippen molar-refractivity contribution in [2.45, 2.75) is 0 Å². The highest BCUT2D eigenvalue weighted by Crippen LogP contribution is 2.27. The second kappa shape index (κ2) is 3.62. The summed E-state index contributed by atoms with van der Waals surface area (Å²) in [5.74, 6) is -8.20. The van der Waals surface area contributed by atoms with Crippen LogP contribution in [0.4, 0.5) is 14.5 Å². The number of hydrogen-bond donors (Lipinski definition) is 2. The lowest BCUT2D eigenvalue weighted by molar-refractivity contribution is -0.143. The van der Waals surface area contributed by atoms with Gasteiger partial charge in [-0.05, 0) is 6.07 Å². The fourth-order valence-electron chi connectivity index (χ4n) is 1.56. The van der Waals surface area contributed by atoms with E-state index in [4.69, 9.17) is 5.11 Å². The Kier molecular flexibility index (Phi) is 2.38. The first-order valence-corrected chi connectivity index (χ1v) is 4.48. The Morgan fingerprint density at radius 1 is 1.24 bits per heavy atom. The molecule has 88 valence electrons. The first-order valence-electron chi connectivity index (χ1n) is 4.48. The van der Waals surface area contributed by atoms with Crippen LogP contribution in [-0.4, -0.2) is 22.8 Å². The van der Waals surface area contributed by atoms with Gasteiger partial charge in [-0.1, -0.05) is 0 Å². The third kappa shape index (κ3) is 1.65. The van der Waals surface area contributed by atoms with Gasteiger partial charge in [0, 0.05) is 11.6 Å². The van der Waals surface area contributed by atoms with E-state index in [2.05, 4.69) is 0 Å². The fourth-order valence-corrected chi connectivity index (χ4v) is 1.56. The summed E-state index contributed by atoms with van der Waals surface area (Å²) in [6, 6.07) is 1.21. The molecule has 1 amide bonds. The van der Waals surface area contributed by atoms with Crippen LogP contribution in [0.5, 0.6) is 0 Å². The molecule has 0 saturated carbocycles. The monoisotopic (exact) mass is 241 g/mol. The van der Waals surface area contributed by atoms with Crippen LogP contribution in [-0.2, 0) is 9.59 Å². The maximum atomic E-state index is 12.9. The number of hydrogen-bond acceptors (Lipinski definition) is 3. The molecule has 1 aliphatic rings. The van der Waals surface area contributed by atoms with E-state index in [-0.39, 0.29) is 11.3 Å². The van der Waals surface area contributed by atoms with E-state index in [1.807, 2.05) is 5.32 Å². The number of ketones is 1. The number of anilines is 1. The molecule has 1 aromatic rings. The van der Waals surface area contributed by atoms with Gasteiger partial charge in [-0.15, -0.1) is 0 Å². The Balaban J connectivity index is 2.58. The second-order valence-corrected chi connectivity index (χ2v) is 3.44. The van der Waals surface area contributed by atoms with E-state index in [0.29, 0.717) is 12.1 Å². The van der Waals surface area contributed by atoms with Gasteiger partial charge in [0.05, 0.1) is 5.69 Å². The molecule has 0 radical (unpaired) electrons. The van der Waals surface area contributed by atoms with Gasteiger partial charge in [0.1, 0.15) is 0 Å². The van der Waals surface area contributed by atoms with Crippen LogP contribution in [0, 0.1) is 17.6 Å². The minimum atomic E-state index is -1.92. The molecule has 1 aliphatic heterocycles. The molecule has 1 aromatic carbocycles. The molecule has 0 aromatic heterocycles. The van der Waals surface area contributed by atoms with E-state index in [1.54, 1.807) is 0 Å². The lowest BCUT2D eigenvalue weighted by Crippen LogP contribution is -2.40. The van der Waals surface area contributed by atoms with Crippen molar-refractivity contribution in [3.63, 3.8) is 0 Å². The third-order valence-corrected chi connectivity index (χ3v) is 2.36. The van der Waals surface area contributed by atoms with Gasteiger partial charge < -0.3 is 10.4 Å². The molecule has 0 spiro atoms. The molecule has 1 heterocycles. The van der Waals surface area contributed by atoms with Gasteiger partial charge >= 0.3 is 5.97 Å². The summed E-state index contributed by atoms with van der Waals surface area (Å²) < 4.78 is 25.8. The van der Waals surface area contributed by atoms with Gasteiger partial charge in [0.2, 0.25) is 5.91 Å². The number of fused-ring (bicyclic) bond motifs is 1. The average Bonchev–Trinajstić information content (AvgIpc) is 2.21. The van der Waals surface area contributed by atoms with E-state index in [1.165, 1.54) is 0 Å². The quantitative estimate of drug-likeness (QED) is 0.712. The maximum Gasteiger partial charge on any atom is 0.324 e. The number of amides is 1. The van der Waals surface area contributed by atoms with Gasteiger partial charge in [-0.25, -0.2) is 8.78 Å². The van der Waals surface area contributed by atoms with E-state index in [0.717, 1.165) is 0 Å². The van der Waals surface area contributed by atoms with Crippen LogP contribution in [0.3, 0.4) is 0 Å². The molecular weight excluding hydrogens is 236 g/mol. The number of carboxylic acid groups (broad SMARTS) is 1. The van der Waals surface area contributed by atoms with Gasteiger partial charge in [-0.2, -0.15) is 0 Å². The standard InChI is InChI=1S/C10H5F2NO4/c11-4-1-3-6(2-5(4)12)13-9(15)7(8(3)14)10(16)17/h1-2,7H,(H,13,15)(H,16,17). The molecule has 1 unspecified atom stereocenters. The number of carbonyl (C=O) groups excluding carboxylic acids is 2. The van der Waals surface area contributed by atoms with E-state index < -0.39 is 35.2 Å². The van der Waals surface area contributed by atoms with Crippen LogP contribution in [0.15, 0.2) is 12.1 Å². The summed E-state index contributed by atoms with van der Waals surface area (Å²) in [6.45, 7) is 0. The van der Waals surface area contributed by atoms with Crippen LogP contribution < -0.4 is 5.32 Å². The Labute approximate surface area is 93.0 Å². The predicted molar refractivity (Wildman–Crippen MR) is 50.4 cm³/mol. The number of carboxylic acids is 1. The van der Waals surface area contributed by atoms with Crippen molar-refractivity contribution in [3.8, 4) is 0 Å². The lowest BCUT2D eigenvalue weighted by Gasteiger charge is -2.20. The molecular formula is C10H5F2NO4. The summed E-state index contributed by atoms with van der Waals surface area (Å²) in [6.07, 6.45) is 0. The minimum absolute atomic E-state index is 0.226. The Bertz CT molecular complexity index is 555. The van der Waals surface area contributed by atoms with Crippen molar-refractivity contribution in [1.82, 2.24) is 0 Å². The van der Waals surface area contributed by atoms with Crippen molar-refractivity contribution >= 4 is 23.3 Å². The van der Waals surface area contributed by atoms with Gasteiger partial charge in [-0.3, -0.25) is 14.4 Å². The van der Waals surface area contributed by atoms with Crippen LogP contribution in [0.25, 0.3) is 0 Å². The van der Waals surface area contributed by atoms with Crippen molar-refractivity contribution in [3.05, 3.63) is 29.3 Å². The molecule has 2 N–H and O–H groups in total. The highest BCUT2D eigenvalue weighted by Gasteiger charge is 2.40. The number of aliphatic carboxylic acids is 1. The number of carbonyl (C=O) groups is 3. The summed E-state index contributed by atoms with van der Waals surface area (Å²) in [7, 11) is 0. The van der Waals surface area contributed by atoms with Gasteiger partial charge in [0.15, 0.2) is 23.3 Å². The SMILES string of the molecule is O=C(O)C1C(=O)Nc2cc(F)c(F)cc2C1=O. The zero-order valence-electron chi connectivity index (χ0n) is 8.16. The number of benzene rings is 1. The van der Waals surface area contributed by atoms with Gasteiger partial charge in [0.25, 0.3) is 0 Å². The van der Waals surface area contributed by atoms with E-state index >= 15 is 0 Å². The van der Waals surface area contributed by atoms with Crippen LogP contribution >= 0.6 is 0 Å². The van der Waals surface area contributed by atoms with Crippen molar-refractivity contribution in [1.29, 1.82) is 0 Å². The molecule has 0 saturated heterocycles. The predicted octanol–water partition coefficient (Wildman–Crippen LogP) is 0.800. The third-order valence-electron chi connectivity index (χ3n) is 2.36. The first kappa shape index (κ1) is 11.2. The fraction of sp³-hybridized carbons (Fsp3) is 0.100. The topological polar surface area (TPSA) is 83.5 Å². The van der Waals surface area contributed by atoms with Crippen LogP contribution in [0.1, 0.15) is 10.4 Å². The molecule has 0 aliphatic carbocycles. The summed E-state index contributed by atoms with van der Waals surface area (Å²) in [4.78, 5) is 33.6. The summed E-state index contributed by atoms with van der Waals surface area (Å²) >= 11 is 0. The maximum absolute atomic E-state index is 12.9. The Hall–Kier alpha value is -2.31. The largest absolute Gasteiger partial charge is 0.480 e. The Morgan fingerprint density at radius 2 is 1.82 bits per heavy atom. The summed E-state index contributed by atoms with van der Waals surface area (Å²) in [5.41, 5.74) is -0.577. The van der Waals surface area contributed by atoms with Crippen LogP contribution in [0.2, 0.25) is 0 Å². The lowest BCUT2D eigenvalue weighted by atomic mass is 9.91. The zero-order chi connectivity index (χ0) is 12.7. The normalized spacial score (nSPS) is 18.6. The molecule has 17 heavy (non-hydrogen) atoms. The van der Waals surface area contributed by atoms with Crippen molar-refractivity contribution < 1.29 is 28.3 Å². The second-order valence-electron chi connectivity index (χ2n) is 3.44. The van der Waals surface area contributed by atoms with E-state index in [9.17, 15) is 23.2 Å². The number of nitrogens with one attached hydrogen (secondary N) is 1. The molecule has 5 nitrogen and oxygen atoms in total. The molecule has 2 rings (SSSR count). The zero-order valence-corrected chi connectivity index (χ0v) is 8.16. The minimum Gasteiger partial charge on any atom is -0.480 e. The molecule has 0 bridgehead atoms.